The third-order valence-corrected chi connectivity index (χ3v) is 2.53. The number of nitrogens with zero attached hydrogens (tertiary/aromatic N) is 3. The van der Waals surface area contributed by atoms with Gasteiger partial charge in [-0.25, -0.2) is 19.3 Å². The van der Waals surface area contributed by atoms with Crippen molar-refractivity contribution in [3.63, 3.8) is 0 Å². The lowest BCUT2D eigenvalue weighted by Gasteiger charge is -2.02. The molecule has 0 aliphatic rings. The fraction of sp³-hybridized carbons (Fsp3) is 0. The number of anilines is 2. The lowest BCUT2D eigenvalue weighted by Crippen LogP contribution is -2.09. The number of nitrogens with one attached hydrogen (secondary N) is 1. The largest absolute Gasteiger partial charge is 0.383 e. The van der Waals surface area contributed by atoms with Crippen LogP contribution in [0.25, 0.3) is 0 Å². The quantitative estimate of drug-likeness (QED) is 0.509. The van der Waals surface area contributed by atoms with E-state index in [1.165, 1.54) is 0 Å². The summed E-state index contributed by atoms with van der Waals surface area (Å²) in [6.45, 7) is 0. The Bertz CT molecular complexity index is 615. The van der Waals surface area contributed by atoms with Gasteiger partial charge >= 0.3 is 0 Å². The number of aromatic amines is 1. The molecule has 0 aliphatic heterocycles. The van der Waals surface area contributed by atoms with Gasteiger partial charge in [0.15, 0.2) is 11.0 Å². The lowest BCUT2D eigenvalue weighted by atomic mass is 10.6. The van der Waals surface area contributed by atoms with Crippen LogP contribution in [0.5, 0.6) is 0 Å². The van der Waals surface area contributed by atoms with Crippen LogP contribution in [-0.4, -0.2) is 19.9 Å². The Balaban J connectivity index is 2.37. The monoisotopic (exact) mass is 254 g/mol. The van der Waals surface area contributed by atoms with Crippen molar-refractivity contribution in [1.82, 2.24) is 19.9 Å². The minimum Gasteiger partial charge on any atom is -0.383 e. The van der Waals surface area contributed by atoms with Crippen molar-refractivity contribution < 1.29 is 4.39 Å². The van der Waals surface area contributed by atoms with Crippen molar-refractivity contribution in [2.75, 3.05) is 11.5 Å². The Kier molecular flexibility index (Phi) is 2.91. The van der Waals surface area contributed by atoms with E-state index in [1.54, 1.807) is 0 Å². The average Bonchev–Trinajstić information content (AvgIpc) is 2.22. The number of nitrogen functional groups attached to an aromatic ring is 2. The number of aromatic nitrogens is 4. The van der Waals surface area contributed by atoms with Gasteiger partial charge in [0.25, 0.3) is 5.56 Å². The topological polar surface area (TPSA) is 124 Å². The standard InChI is InChI=1S/C8H7FN6OS/c9-3-2-12-7(11)15-6(3)17-8-13-4(10)1-5(16)14-8/h1-2H,(H2,11,12,15)(H3,10,13,14,16). The fourth-order valence-electron chi connectivity index (χ4n) is 1.03. The normalized spacial score (nSPS) is 10.4. The fourth-order valence-corrected chi connectivity index (χ4v) is 1.80. The zero-order valence-electron chi connectivity index (χ0n) is 8.35. The van der Waals surface area contributed by atoms with E-state index in [0.29, 0.717) is 0 Å². The molecule has 0 saturated carbocycles. The predicted octanol–water partition coefficient (Wildman–Crippen LogP) is 0.0146. The maximum atomic E-state index is 13.3. The Morgan fingerprint density at radius 1 is 1.35 bits per heavy atom. The van der Waals surface area contributed by atoms with Crippen LogP contribution in [0.15, 0.2) is 27.2 Å². The van der Waals surface area contributed by atoms with E-state index < -0.39 is 11.4 Å². The zero-order valence-corrected chi connectivity index (χ0v) is 9.16. The molecule has 5 N–H and O–H groups in total. The maximum absolute atomic E-state index is 13.3. The maximum Gasteiger partial charge on any atom is 0.253 e. The van der Waals surface area contributed by atoms with Crippen LogP contribution in [0.1, 0.15) is 0 Å². The van der Waals surface area contributed by atoms with E-state index >= 15 is 0 Å². The van der Waals surface area contributed by atoms with E-state index in [1.807, 2.05) is 0 Å². The molecule has 2 heterocycles. The van der Waals surface area contributed by atoms with Crippen molar-refractivity contribution in [1.29, 1.82) is 0 Å². The summed E-state index contributed by atoms with van der Waals surface area (Å²) in [6, 6.07) is 1.12. The SMILES string of the molecule is Nc1cc(=O)[nH]c(Sc2nc(N)ncc2F)n1. The smallest absolute Gasteiger partial charge is 0.253 e. The highest BCUT2D eigenvalue weighted by Crippen LogP contribution is 2.24. The molecule has 7 nitrogen and oxygen atoms in total. The van der Waals surface area contributed by atoms with Gasteiger partial charge in [-0.2, -0.15) is 0 Å². The number of rotatable bonds is 2. The summed E-state index contributed by atoms with van der Waals surface area (Å²) in [7, 11) is 0. The van der Waals surface area contributed by atoms with Gasteiger partial charge in [-0.05, 0) is 11.8 Å². The molecule has 0 fully saturated rings. The third kappa shape index (κ3) is 2.69. The Morgan fingerprint density at radius 3 is 2.82 bits per heavy atom. The van der Waals surface area contributed by atoms with Gasteiger partial charge in [-0.1, -0.05) is 0 Å². The summed E-state index contributed by atoms with van der Waals surface area (Å²) in [4.78, 5) is 24.5. The van der Waals surface area contributed by atoms with Crippen LogP contribution in [-0.2, 0) is 0 Å². The van der Waals surface area contributed by atoms with E-state index in [0.717, 1.165) is 24.0 Å². The third-order valence-electron chi connectivity index (χ3n) is 1.66. The van der Waals surface area contributed by atoms with Gasteiger partial charge in [0, 0.05) is 6.07 Å². The van der Waals surface area contributed by atoms with Gasteiger partial charge in [0.1, 0.15) is 10.8 Å². The van der Waals surface area contributed by atoms with Crippen LogP contribution < -0.4 is 17.0 Å². The molecule has 0 radical (unpaired) electrons. The second-order valence-corrected chi connectivity index (χ2v) is 3.94. The number of halogens is 1. The summed E-state index contributed by atoms with van der Waals surface area (Å²) in [5.74, 6) is -0.687. The molecule has 0 unspecified atom stereocenters. The number of hydrogen-bond acceptors (Lipinski definition) is 7. The first kappa shape index (κ1) is 11.3. The van der Waals surface area contributed by atoms with Crippen LogP contribution in [0.3, 0.4) is 0 Å². The van der Waals surface area contributed by atoms with Crippen LogP contribution in [0.4, 0.5) is 16.2 Å². The van der Waals surface area contributed by atoms with Gasteiger partial charge in [-0.3, -0.25) is 4.79 Å². The predicted molar refractivity (Wildman–Crippen MR) is 59.8 cm³/mol. The van der Waals surface area contributed by atoms with Crippen molar-refractivity contribution in [3.8, 4) is 0 Å². The van der Waals surface area contributed by atoms with Gasteiger partial charge in [-0.15, -0.1) is 0 Å². The van der Waals surface area contributed by atoms with Gasteiger partial charge < -0.3 is 16.5 Å². The molecule has 0 bridgehead atoms. The second kappa shape index (κ2) is 4.37. The molecule has 0 aromatic carbocycles. The van der Waals surface area contributed by atoms with Crippen LogP contribution >= 0.6 is 11.8 Å². The zero-order chi connectivity index (χ0) is 12.4. The Morgan fingerprint density at radius 2 is 2.12 bits per heavy atom. The first-order chi connectivity index (χ1) is 8.04. The van der Waals surface area contributed by atoms with Gasteiger partial charge in [0.05, 0.1) is 6.20 Å². The summed E-state index contributed by atoms with van der Waals surface area (Å²) < 4.78 is 13.3. The van der Waals surface area contributed by atoms with E-state index in [-0.39, 0.29) is 21.9 Å². The molecule has 0 saturated heterocycles. The van der Waals surface area contributed by atoms with Crippen LogP contribution in [0.2, 0.25) is 0 Å². The summed E-state index contributed by atoms with van der Waals surface area (Å²) >= 11 is 0.804. The molecule has 0 spiro atoms. The number of hydrogen-bond donors (Lipinski definition) is 3. The first-order valence-corrected chi connectivity index (χ1v) is 5.19. The first-order valence-electron chi connectivity index (χ1n) is 4.37. The summed E-state index contributed by atoms with van der Waals surface area (Å²) in [6.07, 6.45) is 0.940. The van der Waals surface area contributed by atoms with Crippen molar-refractivity contribution in [3.05, 3.63) is 28.4 Å². The highest BCUT2D eigenvalue weighted by atomic mass is 32.2. The highest BCUT2D eigenvalue weighted by Gasteiger charge is 2.09. The Labute approximate surface area is 98.5 Å². The lowest BCUT2D eigenvalue weighted by molar-refractivity contribution is 0.580. The summed E-state index contributed by atoms with van der Waals surface area (Å²) in [5.41, 5.74) is 10.3. The minimum absolute atomic E-state index is 0.0359. The molecule has 0 amide bonds. The van der Waals surface area contributed by atoms with E-state index in [4.69, 9.17) is 11.5 Å². The van der Waals surface area contributed by atoms with Crippen molar-refractivity contribution in [2.45, 2.75) is 10.2 Å². The van der Waals surface area contributed by atoms with E-state index in [9.17, 15) is 9.18 Å². The second-order valence-electron chi connectivity index (χ2n) is 2.96. The van der Waals surface area contributed by atoms with Crippen LogP contribution in [0, 0.1) is 5.82 Å². The average molecular weight is 254 g/mol. The molecule has 88 valence electrons. The summed E-state index contributed by atoms with van der Waals surface area (Å²) in [5, 5.41) is 0.0956. The van der Waals surface area contributed by atoms with Crippen molar-refractivity contribution in [2.24, 2.45) is 0 Å². The molecule has 0 atom stereocenters. The molecule has 2 aromatic heterocycles. The van der Waals surface area contributed by atoms with E-state index in [2.05, 4.69) is 19.9 Å². The molecule has 17 heavy (non-hydrogen) atoms. The highest BCUT2D eigenvalue weighted by molar-refractivity contribution is 7.99. The molecule has 2 rings (SSSR count). The molecular weight excluding hydrogens is 247 g/mol. The Hall–Kier alpha value is -2.16. The number of nitrogens with two attached hydrogens (primary N) is 2. The molecule has 0 aliphatic carbocycles. The van der Waals surface area contributed by atoms with Crippen molar-refractivity contribution >= 4 is 23.5 Å². The minimum atomic E-state index is -0.658. The molecule has 9 heteroatoms. The molecule has 2 aromatic rings. The van der Waals surface area contributed by atoms with Gasteiger partial charge in [0.2, 0.25) is 5.95 Å². The molecular formula is C8H7FN6OS. The number of H-pyrrole nitrogens is 1.